The van der Waals surface area contributed by atoms with Crippen molar-refractivity contribution >= 4 is 17.9 Å². The molecule has 0 aromatic heterocycles. The lowest BCUT2D eigenvalue weighted by Gasteiger charge is -2.47. The van der Waals surface area contributed by atoms with Gasteiger partial charge in [0.15, 0.2) is 0 Å². The predicted molar refractivity (Wildman–Crippen MR) is 79.0 cm³/mol. The molecule has 1 N–H and O–H groups in total. The number of carboxylic acid groups (broad SMARTS) is 1. The number of likely N-dealkylation sites (tertiary alicyclic amines) is 1. The van der Waals surface area contributed by atoms with Gasteiger partial charge in [-0.2, -0.15) is 13.2 Å². The standard InChI is InChI=1S/C15H18F5N3O4/c1-8-5-23(11(25)15(18,19)20)13(2-3-13)6-21(8)10(24)9-4-14(16,17)7-22(9)12(26)27/h8-9H,2-7H2,1H3,(H,26,27)/t8-,9+/m1/s1. The monoisotopic (exact) mass is 399 g/mol. The Morgan fingerprint density at radius 3 is 2.15 bits per heavy atom. The van der Waals surface area contributed by atoms with Crippen molar-refractivity contribution in [3.05, 3.63) is 0 Å². The zero-order valence-corrected chi connectivity index (χ0v) is 14.3. The summed E-state index contributed by atoms with van der Waals surface area (Å²) < 4.78 is 65.8. The van der Waals surface area contributed by atoms with Crippen LogP contribution in [0.1, 0.15) is 26.2 Å². The maximum absolute atomic E-state index is 13.6. The van der Waals surface area contributed by atoms with E-state index in [9.17, 15) is 36.3 Å². The van der Waals surface area contributed by atoms with Crippen LogP contribution in [0.15, 0.2) is 0 Å². The van der Waals surface area contributed by atoms with Crippen LogP contribution in [0.5, 0.6) is 0 Å². The fraction of sp³-hybridized carbons (Fsp3) is 0.800. The molecule has 12 heteroatoms. The van der Waals surface area contributed by atoms with Crippen LogP contribution < -0.4 is 0 Å². The normalized spacial score (nSPS) is 29.2. The average molecular weight is 399 g/mol. The van der Waals surface area contributed by atoms with E-state index in [2.05, 4.69) is 0 Å². The molecular formula is C15H18F5N3O4. The maximum Gasteiger partial charge on any atom is 0.471 e. The number of hydrogen-bond donors (Lipinski definition) is 1. The molecule has 2 aliphatic heterocycles. The first-order valence-electron chi connectivity index (χ1n) is 8.34. The number of alkyl halides is 5. The van der Waals surface area contributed by atoms with Crippen molar-refractivity contribution in [1.29, 1.82) is 0 Å². The highest BCUT2D eigenvalue weighted by atomic mass is 19.4. The summed E-state index contributed by atoms with van der Waals surface area (Å²) in [6.07, 6.45) is -7.16. The Morgan fingerprint density at radius 2 is 1.67 bits per heavy atom. The van der Waals surface area contributed by atoms with Gasteiger partial charge in [-0.1, -0.05) is 0 Å². The van der Waals surface area contributed by atoms with E-state index < -0.39 is 60.6 Å². The van der Waals surface area contributed by atoms with E-state index in [0.29, 0.717) is 9.80 Å². The van der Waals surface area contributed by atoms with E-state index in [-0.39, 0.29) is 25.9 Å². The summed E-state index contributed by atoms with van der Waals surface area (Å²) in [4.78, 5) is 37.9. The lowest BCUT2D eigenvalue weighted by atomic mass is 10.0. The summed E-state index contributed by atoms with van der Waals surface area (Å²) in [5, 5.41) is 9.09. The smallest absolute Gasteiger partial charge is 0.465 e. The highest BCUT2D eigenvalue weighted by Crippen LogP contribution is 2.47. The van der Waals surface area contributed by atoms with Crippen molar-refractivity contribution in [3.63, 3.8) is 0 Å². The molecule has 2 atom stereocenters. The summed E-state index contributed by atoms with van der Waals surface area (Å²) in [6.45, 7) is -0.322. The van der Waals surface area contributed by atoms with Crippen molar-refractivity contribution in [2.24, 2.45) is 0 Å². The van der Waals surface area contributed by atoms with Gasteiger partial charge in [0.25, 0.3) is 5.92 Å². The van der Waals surface area contributed by atoms with E-state index in [1.165, 1.54) is 6.92 Å². The molecule has 3 aliphatic rings. The molecule has 3 fully saturated rings. The van der Waals surface area contributed by atoms with Gasteiger partial charge in [-0.25, -0.2) is 13.6 Å². The molecule has 0 radical (unpaired) electrons. The quantitative estimate of drug-likeness (QED) is 0.679. The Hall–Kier alpha value is -2.14. The fourth-order valence-electron chi connectivity index (χ4n) is 3.86. The number of carbonyl (C=O) groups is 3. The highest BCUT2D eigenvalue weighted by molar-refractivity contribution is 5.88. The second-order valence-corrected chi connectivity index (χ2v) is 7.44. The molecule has 3 amide bonds. The van der Waals surface area contributed by atoms with Gasteiger partial charge in [-0.15, -0.1) is 0 Å². The third-order valence-electron chi connectivity index (χ3n) is 5.41. The molecule has 1 aliphatic carbocycles. The molecule has 0 bridgehead atoms. The molecule has 1 saturated carbocycles. The first-order valence-corrected chi connectivity index (χ1v) is 8.34. The minimum atomic E-state index is -5.05. The van der Waals surface area contributed by atoms with Crippen LogP contribution >= 0.6 is 0 Å². The number of rotatable bonds is 1. The van der Waals surface area contributed by atoms with Gasteiger partial charge in [0.2, 0.25) is 5.91 Å². The molecule has 3 rings (SSSR count). The molecular weight excluding hydrogens is 381 g/mol. The van der Waals surface area contributed by atoms with E-state index in [1.807, 2.05) is 0 Å². The lowest BCUT2D eigenvalue weighted by molar-refractivity contribution is -0.193. The van der Waals surface area contributed by atoms with E-state index >= 15 is 0 Å². The van der Waals surface area contributed by atoms with Gasteiger partial charge >= 0.3 is 18.2 Å². The summed E-state index contributed by atoms with van der Waals surface area (Å²) in [7, 11) is 0. The molecule has 1 spiro atoms. The number of nitrogens with zero attached hydrogens (tertiary/aromatic N) is 3. The Morgan fingerprint density at radius 1 is 1.07 bits per heavy atom. The Balaban J connectivity index is 1.80. The molecule has 27 heavy (non-hydrogen) atoms. The second-order valence-electron chi connectivity index (χ2n) is 7.44. The minimum absolute atomic E-state index is 0.232. The fourth-order valence-corrected chi connectivity index (χ4v) is 3.86. The third-order valence-corrected chi connectivity index (χ3v) is 5.41. The van der Waals surface area contributed by atoms with Crippen LogP contribution in [0.25, 0.3) is 0 Å². The van der Waals surface area contributed by atoms with Crippen LogP contribution in [0.2, 0.25) is 0 Å². The number of carbonyl (C=O) groups excluding carboxylic acids is 2. The molecule has 0 unspecified atom stereocenters. The van der Waals surface area contributed by atoms with Crippen molar-refractivity contribution in [2.45, 2.75) is 55.9 Å². The van der Waals surface area contributed by atoms with Gasteiger partial charge in [-0.3, -0.25) is 14.5 Å². The topological polar surface area (TPSA) is 81.2 Å². The number of amides is 3. The van der Waals surface area contributed by atoms with Crippen LogP contribution in [-0.2, 0) is 9.59 Å². The number of piperazine rings is 1. The first-order chi connectivity index (χ1) is 12.3. The lowest BCUT2D eigenvalue weighted by Crippen LogP contribution is -2.65. The van der Waals surface area contributed by atoms with E-state index in [1.54, 1.807) is 0 Å². The first kappa shape index (κ1) is 19.6. The second kappa shape index (κ2) is 5.93. The van der Waals surface area contributed by atoms with Gasteiger partial charge < -0.3 is 14.9 Å². The summed E-state index contributed by atoms with van der Waals surface area (Å²) in [5.41, 5.74) is -1.16. The van der Waals surface area contributed by atoms with Gasteiger partial charge in [0.05, 0.1) is 12.1 Å². The van der Waals surface area contributed by atoms with Crippen molar-refractivity contribution < 1.29 is 41.4 Å². The minimum Gasteiger partial charge on any atom is -0.465 e. The number of halogens is 5. The zero-order valence-electron chi connectivity index (χ0n) is 14.3. The van der Waals surface area contributed by atoms with Crippen LogP contribution in [0.3, 0.4) is 0 Å². The van der Waals surface area contributed by atoms with E-state index in [4.69, 9.17) is 5.11 Å². The molecule has 2 heterocycles. The summed E-state index contributed by atoms with van der Waals surface area (Å²) >= 11 is 0. The Kier molecular flexibility index (Phi) is 4.31. The van der Waals surface area contributed by atoms with Gasteiger partial charge in [0.1, 0.15) is 6.04 Å². The molecule has 2 saturated heterocycles. The van der Waals surface area contributed by atoms with Gasteiger partial charge in [-0.05, 0) is 19.8 Å². The predicted octanol–water partition coefficient (Wildman–Crippen LogP) is 1.53. The van der Waals surface area contributed by atoms with Crippen LogP contribution in [0, 0.1) is 0 Å². The van der Waals surface area contributed by atoms with Crippen LogP contribution in [-0.4, -0.2) is 87.1 Å². The third kappa shape index (κ3) is 3.41. The molecule has 0 aromatic rings. The highest BCUT2D eigenvalue weighted by Gasteiger charge is 2.61. The number of hydrogen-bond acceptors (Lipinski definition) is 3. The van der Waals surface area contributed by atoms with Crippen LogP contribution in [0.4, 0.5) is 26.7 Å². The Labute approximate surface area is 150 Å². The maximum atomic E-state index is 13.6. The zero-order chi connectivity index (χ0) is 20.4. The molecule has 0 aromatic carbocycles. The molecule has 7 nitrogen and oxygen atoms in total. The van der Waals surface area contributed by atoms with E-state index in [0.717, 1.165) is 4.90 Å². The van der Waals surface area contributed by atoms with Crippen molar-refractivity contribution in [3.8, 4) is 0 Å². The molecule has 152 valence electrons. The Bertz CT molecular complexity index is 679. The van der Waals surface area contributed by atoms with Crippen molar-refractivity contribution in [2.75, 3.05) is 19.6 Å². The SMILES string of the molecule is C[C@@H]1CN(C(=O)C(F)(F)F)C2(CC2)CN1C(=O)[C@@H]1CC(F)(F)CN1C(=O)O. The van der Waals surface area contributed by atoms with Gasteiger partial charge in [0, 0.05) is 25.6 Å². The average Bonchev–Trinajstić information content (AvgIpc) is 3.22. The van der Waals surface area contributed by atoms with Crippen molar-refractivity contribution in [1.82, 2.24) is 14.7 Å². The summed E-state index contributed by atoms with van der Waals surface area (Å²) in [5.74, 6) is -6.21. The summed E-state index contributed by atoms with van der Waals surface area (Å²) in [6, 6.07) is -2.46. The largest absolute Gasteiger partial charge is 0.471 e.